The average Bonchev–Trinajstić information content (AvgIpc) is 3.31. The minimum atomic E-state index is -0.134. The van der Waals surface area contributed by atoms with Crippen LogP contribution in [0, 0.1) is 5.92 Å². The van der Waals surface area contributed by atoms with Crippen molar-refractivity contribution >= 4 is 11.8 Å². The fourth-order valence-corrected chi connectivity index (χ4v) is 3.09. The molecule has 2 aromatic rings. The fraction of sp³-hybridized carbons (Fsp3) is 0.429. The second kappa shape index (κ2) is 8.82. The zero-order valence-corrected chi connectivity index (χ0v) is 16.5. The lowest BCUT2D eigenvalue weighted by Crippen LogP contribution is -2.43. The Labute approximate surface area is 164 Å². The summed E-state index contributed by atoms with van der Waals surface area (Å²) in [6, 6.07) is 9.25. The van der Waals surface area contributed by atoms with Gasteiger partial charge >= 0.3 is 0 Å². The Balaban J connectivity index is 1.76. The van der Waals surface area contributed by atoms with Gasteiger partial charge in [0.1, 0.15) is 5.76 Å². The third-order valence-corrected chi connectivity index (χ3v) is 4.45. The summed E-state index contributed by atoms with van der Waals surface area (Å²) in [6.45, 7) is 7.03. The van der Waals surface area contributed by atoms with Crippen LogP contribution in [0.3, 0.4) is 0 Å². The van der Waals surface area contributed by atoms with Crippen molar-refractivity contribution in [1.82, 2.24) is 9.80 Å². The Morgan fingerprint density at radius 3 is 2.54 bits per heavy atom. The standard InChI is InChI=1S/C21H26N2O5/c1-15(2)10-22(16(3)24)13-21(25)23(12-18-5-4-8-26-18)11-17-6-7-19-20(9-17)28-14-27-19/h4-9,15H,10-14H2,1-3H3. The zero-order valence-electron chi connectivity index (χ0n) is 16.5. The molecule has 7 heteroatoms. The first kappa shape index (κ1) is 19.8. The quantitative estimate of drug-likeness (QED) is 0.697. The molecule has 2 heterocycles. The number of fused-ring (bicyclic) bond motifs is 1. The molecule has 0 saturated carbocycles. The van der Waals surface area contributed by atoms with Crippen molar-refractivity contribution in [2.45, 2.75) is 33.9 Å². The molecule has 0 saturated heterocycles. The van der Waals surface area contributed by atoms with Crippen molar-refractivity contribution in [3.05, 3.63) is 47.9 Å². The van der Waals surface area contributed by atoms with Crippen molar-refractivity contribution in [3.63, 3.8) is 0 Å². The maximum Gasteiger partial charge on any atom is 0.242 e. The molecule has 0 aliphatic carbocycles. The van der Waals surface area contributed by atoms with Gasteiger partial charge in [0.15, 0.2) is 11.5 Å². The predicted octanol–water partition coefficient (Wildman–Crippen LogP) is 3.04. The van der Waals surface area contributed by atoms with Crippen molar-refractivity contribution in [3.8, 4) is 11.5 Å². The average molecular weight is 386 g/mol. The van der Waals surface area contributed by atoms with Crippen LogP contribution < -0.4 is 9.47 Å². The highest BCUT2D eigenvalue weighted by Crippen LogP contribution is 2.33. The Hall–Kier alpha value is -2.96. The molecule has 1 aromatic heterocycles. The smallest absolute Gasteiger partial charge is 0.242 e. The molecule has 0 unspecified atom stereocenters. The van der Waals surface area contributed by atoms with Gasteiger partial charge in [0, 0.05) is 20.0 Å². The number of hydrogen-bond donors (Lipinski definition) is 0. The molecule has 1 aliphatic rings. The number of rotatable bonds is 8. The molecule has 0 fully saturated rings. The summed E-state index contributed by atoms with van der Waals surface area (Å²) in [5, 5.41) is 0. The Bertz CT molecular complexity index is 816. The van der Waals surface area contributed by atoms with E-state index in [9.17, 15) is 9.59 Å². The molecule has 150 valence electrons. The maximum absolute atomic E-state index is 13.0. The largest absolute Gasteiger partial charge is 0.467 e. The van der Waals surface area contributed by atoms with Gasteiger partial charge in [-0.3, -0.25) is 9.59 Å². The van der Waals surface area contributed by atoms with Gasteiger partial charge in [-0.05, 0) is 35.7 Å². The summed E-state index contributed by atoms with van der Waals surface area (Å²) < 4.78 is 16.2. The predicted molar refractivity (Wildman–Crippen MR) is 103 cm³/mol. The Morgan fingerprint density at radius 2 is 1.86 bits per heavy atom. The number of ether oxygens (including phenoxy) is 2. The number of benzene rings is 1. The van der Waals surface area contributed by atoms with E-state index in [4.69, 9.17) is 13.9 Å². The van der Waals surface area contributed by atoms with E-state index < -0.39 is 0 Å². The zero-order chi connectivity index (χ0) is 20.1. The van der Waals surface area contributed by atoms with Gasteiger partial charge in [0.25, 0.3) is 0 Å². The number of hydrogen-bond acceptors (Lipinski definition) is 5. The number of amides is 2. The molecule has 1 aromatic carbocycles. The number of nitrogens with zero attached hydrogens (tertiary/aromatic N) is 2. The molecule has 28 heavy (non-hydrogen) atoms. The van der Waals surface area contributed by atoms with Gasteiger partial charge in [-0.1, -0.05) is 19.9 Å². The lowest BCUT2D eigenvalue weighted by atomic mass is 10.1. The number of carbonyl (C=O) groups is 2. The minimum absolute atomic E-state index is 0.0405. The third-order valence-electron chi connectivity index (χ3n) is 4.45. The Kier molecular flexibility index (Phi) is 6.23. The summed E-state index contributed by atoms with van der Waals surface area (Å²) in [4.78, 5) is 28.3. The maximum atomic E-state index is 13.0. The Morgan fingerprint density at radius 1 is 1.07 bits per heavy atom. The summed E-state index contributed by atoms with van der Waals surface area (Å²) in [6.07, 6.45) is 1.58. The first-order valence-electron chi connectivity index (χ1n) is 9.36. The van der Waals surface area contributed by atoms with E-state index in [1.807, 2.05) is 38.1 Å². The minimum Gasteiger partial charge on any atom is -0.467 e. The van der Waals surface area contributed by atoms with E-state index >= 15 is 0 Å². The van der Waals surface area contributed by atoms with E-state index in [1.54, 1.807) is 22.1 Å². The SMILES string of the molecule is CC(=O)N(CC(=O)N(Cc1ccc2c(c1)OCO2)Cc1ccco1)CC(C)C. The van der Waals surface area contributed by atoms with E-state index in [2.05, 4.69) is 0 Å². The van der Waals surface area contributed by atoms with Crippen LogP contribution in [0.25, 0.3) is 0 Å². The van der Waals surface area contributed by atoms with Crippen molar-refractivity contribution in [1.29, 1.82) is 0 Å². The highest BCUT2D eigenvalue weighted by Gasteiger charge is 2.22. The van der Waals surface area contributed by atoms with E-state index in [1.165, 1.54) is 6.92 Å². The van der Waals surface area contributed by atoms with Crippen LogP contribution in [0.15, 0.2) is 41.0 Å². The molecule has 0 radical (unpaired) electrons. The van der Waals surface area contributed by atoms with Crippen LogP contribution in [0.2, 0.25) is 0 Å². The van der Waals surface area contributed by atoms with Crippen LogP contribution in [0.1, 0.15) is 32.1 Å². The normalized spacial score (nSPS) is 12.3. The topological polar surface area (TPSA) is 72.2 Å². The summed E-state index contributed by atoms with van der Waals surface area (Å²) >= 11 is 0. The number of carbonyl (C=O) groups excluding carboxylic acids is 2. The molecule has 0 N–H and O–H groups in total. The van der Waals surface area contributed by atoms with Gasteiger partial charge in [0.05, 0.1) is 19.4 Å². The highest BCUT2D eigenvalue weighted by molar-refractivity contribution is 5.83. The van der Waals surface area contributed by atoms with Crippen LogP contribution in [-0.4, -0.2) is 41.5 Å². The van der Waals surface area contributed by atoms with Crippen molar-refractivity contribution in [2.24, 2.45) is 5.92 Å². The van der Waals surface area contributed by atoms with Gasteiger partial charge < -0.3 is 23.7 Å². The molecule has 3 rings (SSSR count). The van der Waals surface area contributed by atoms with Crippen LogP contribution in [0.5, 0.6) is 11.5 Å². The fourth-order valence-electron chi connectivity index (χ4n) is 3.09. The summed E-state index contributed by atoms with van der Waals surface area (Å²) in [7, 11) is 0. The molecule has 0 spiro atoms. The molecule has 0 atom stereocenters. The molecular weight excluding hydrogens is 360 g/mol. The second-order valence-corrected chi connectivity index (χ2v) is 7.31. The highest BCUT2D eigenvalue weighted by atomic mass is 16.7. The molecule has 7 nitrogen and oxygen atoms in total. The second-order valence-electron chi connectivity index (χ2n) is 7.31. The lowest BCUT2D eigenvalue weighted by molar-refractivity contribution is -0.140. The van der Waals surface area contributed by atoms with Gasteiger partial charge in [-0.25, -0.2) is 0 Å². The van der Waals surface area contributed by atoms with Crippen LogP contribution >= 0.6 is 0 Å². The van der Waals surface area contributed by atoms with E-state index in [-0.39, 0.29) is 31.1 Å². The molecule has 1 aliphatic heterocycles. The summed E-state index contributed by atoms with van der Waals surface area (Å²) in [5.41, 5.74) is 0.919. The third kappa shape index (κ3) is 5.06. The monoisotopic (exact) mass is 386 g/mol. The van der Waals surface area contributed by atoms with Crippen LogP contribution in [0.4, 0.5) is 0 Å². The molecular formula is C21H26N2O5. The van der Waals surface area contributed by atoms with Gasteiger partial charge in [-0.15, -0.1) is 0 Å². The van der Waals surface area contributed by atoms with Gasteiger partial charge in [-0.2, -0.15) is 0 Å². The van der Waals surface area contributed by atoms with E-state index in [0.717, 1.165) is 5.56 Å². The molecule has 0 bridgehead atoms. The molecule has 2 amide bonds. The van der Waals surface area contributed by atoms with E-state index in [0.29, 0.717) is 36.9 Å². The summed E-state index contributed by atoms with van der Waals surface area (Å²) in [5.74, 6) is 2.10. The number of furan rings is 1. The first-order valence-corrected chi connectivity index (χ1v) is 9.36. The first-order chi connectivity index (χ1) is 13.4. The lowest BCUT2D eigenvalue weighted by Gasteiger charge is -2.27. The van der Waals surface area contributed by atoms with Gasteiger partial charge in [0.2, 0.25) is 18.6 Å². The van der Waals surface area contributed by atoms with Crippen molar-refractivity contribution < 1.29 is 23.5 Å². The van der Waals surface area contributed by atoms with Crippen LogP contribution in [-0.2, 0) is 22.7 Å². The van der Waals surface area contributed by atoms with Crippen molar-refractivity contribution in [2.75, 3.05) is 19.9 Å².